The Hall–Kier alpha value is -2.19. The number of hydrogen-bond donors (Lipinski definition) is 1. The molecule has 1 saturated heterocycles. The number of nitriles is 1. The molecule has 4 atom stereocenters. The molecular weight excluding hydrogens is 292 g/mol. The maximum Gasteiger partial charge on any atom is 0.341 e. The van der Waals surface area contributed by atoms with Crippen LogP contribution in [0.3, 0.4) is 0 Å². The minimum Gasteiger partial charge on any atom is -0.464 e. The molecule has 1 heterocycles. The third kappa shape index (κ3) is 2.87. The van der Waals surface area contributed by atoms with E-state index < -0.39 is 23.3 Å². The summed E-state index contributed by atoms with van der Waals surface area (Å²) in [5.74, 6) is -1.56. The molecule has 0 unspecified atom stereocenters. The van der Waals surface area contributed by atoms with E-state index in [1.165, 1.54) is 0 Å². The topological polar surface area (TPSA) is 79.2 Å². The van der Waals surface area contributed by atoms with Crippen molar-refractivity contribution in [3.8, 4) is 6.07 Å². The third-order valence-electron chi connectivity index (χ3n) is 4.49. The smallest absolute Gasteiger partial charge is 0.341 e. The Balaban J connectivity index is 2.52. The molecule has 0 radical (unpaired) electrons. The van der Waals surface area contributed by atoms with Crippen LogP contribution in [0.25, 0.3) is 0 Å². The summed E-state index contributed by atoms with van der Waals surface area (Å²) in [4.78, 5) is 24.3. The Bertz CT molecular complexity index is 608. The van der Waals surface area contributed by atoms with E-state index in [1.54, 1.807) is 6.92 Å². The second-order valence-corrected chi connectivity index (χ2v) is 6.16. The molecular formula is C18H22N2O3. The molecule has 1 N–H and O–H groups in total. The van der Waals surface area contributed by atoms with E-state index in [-0.39, 0.29) is 18.6 Å². The molecule has 2 rings (SSSR count). The van der Waals surface area contributed by atoms with Crippen molar-refractivity contribution >= 4 is 12.3 Å². The summed E-state index contributed by atoms with van der Waals surface area (Å²) < 4.78 is 5.14. The van der Waals surface area contributed by atoms with Crippen LogP contribution in [0.1, 0.15) is 32.4 Å². The van der Waals surface area contributed by atoms with Gasteiger partial charge >= 0.3 is 5.97 Å². The maximum atomic E-state index is 12.5. The second-order valence-electron chi connectivity index (χ2n) is 6.16. The molecule has 0 amide bonds. The number of nitrogens with one attached hydrogen (secondary N) is 1. The van der Waals surface area contributed by atoms with Gasteiger partial charge in [0.1, 0.15) is 6.29 Å². The molecule has 122 valence electrons. The Kier molecular flexibility index (Phi) is 5.17. The standard InChI is InChI=1S/C18H22N2O3/c1-4-23-17(22)18(11-19)15(12(2)3)14(10-21)16(20-18)13-8-6-5-7-9-13/h5-10,12,14-16,20H,4H2,1-3H3/t14-,15-,16-,18-/m1/s1. The van der Waals surface area contributed by atoms with E-state index in [2.05, 4.69) is 11.4 Å². The van der Waals surface area contributed by atoms with Crippen LogP contribution in [0.2, 0.25) is 0 Å². The van der Waals surface area contributed by atoms with Crippen LogP contribution < -0.4 is 5.32 Å². The number of nitrogens with zero attached hydrogens (tertiary/aromatic N) is 1. The predicted octanol–water partition coefficient (Wildman–Crippen LogP) is 2.24. The van der Waals surface area contributed by atoms with Gasteiger partial charge in [0.25, 0.3) is 0 Å². The van der Waals surface area contributed by atoms with E-state index >= 15 is 0 Å². The lowest BCUT2D eigenvalue weighted by atomic mass is 9.72. The first-order chi connectivity index (χ1) is 11.0. The van der Waals surface area contributed by atoms with Gasteiger partial charge in [0.15, 0.2) is 0 Å². The van der Waals surface area contributed by atoms with Crippen LogP contribution in [-0.2, 0) is 14.3 Å². The molecule has 0 bridgehead atoms. The Morgan fingerprint density at radius 3 is 2.57 bits per heavy atom. The first-order valence-electron chi connectivity index (χ1n) is 7.88. The molecule has 0 aliphatic carbocycles. The summed E-state index contributed by atoms with van der Waals surface area (Å²) in [5, 5.41) is 12.9. The van der Waals surface area contributed by atoms with Crippen LogP contribution in [0.4, 0.5) is 0 Å². The van der Waals surface area contributed by atoms with Crippen LogP contribution >= 0.6 is 0 Å². The first kappa shape index (κ1) is 17.2. The van der Waals surface area contributed by atoms with Crippen molar-refractivity contribution in [2.24, 2.45) is 17.8 Å². The molecule has 1 aromatic carbocycles. The van der Waals surface area contributed by atoms with Gasteiger partial charge in [-0.05, 0) is 18.4 Å². The molecule has 0 saturated carbocycles. The Labute approximate surface area is 136 Å². The fourth-order valence-corrected chi connectivity index (χ4v) is 3.60. The molecule has 0 aromatic heterocycles. The maximum absolute atomic E-state index is 12.5. The molecule has 5 nitrogen and oxygen atoms in total. The molecule has 1 aromatic rings. The van der Waals surface area contributed by atoms with Gasteiger partial charge in [0.05, 0.1) is 12.7 Å². The highest BCUT2D eigenvalue weighted by Crippen LogP contribution is 2.46. The number of carbonyl (C=O) groups excluding carboxylic acids is 2. The summed E-state index contributed by atoms with van der Waals surface area (Å²) in [6.45, 7) is 5.73. The summed E-state index contributed by atoms with van der Waals surface area (Å²) in [5.41, 5.74) is -0.618. The zero-order valence-electron chi connectivity index (χ0n) is 13.7. The van der Waals surface area contributed by atoms with E-state index in [9.17, 15) is 14.9 Å². The lowest BCUT2D eigenvalue weighted by molar-refractivity contribution is -0.150. The van der Waals surface area contributed by atoms with Gasteiger partial charge in [-0.15, -0.1) is 0 Å². The molecule has 1 fully saturated rings. The number of hydrogen-bond acceptors (Lipinski definition) is 5. The van der Waals surface area contributed by atoms with Gasteiger partial charge < -0.3 is 9.53 Å². The second kappa shape index (κ2) is 6.93. The summed E-state index contributed by atoms with van der Waals surface area (Å²) in [6.07, 6.45) is 0.855. The van der Waals surface area contributed by atoms with E-state index in [1.807, 2.05) is 44.2 Å². The number of carbonyl (C=O) groups is 2. The van der Waals surface area contributed by atoms with Crippen molar-refractivity contribution < 1.29 is 14.3 Å². The molecule has 1 aliphatic heterocycles. The Morgan fingerprint density at radius 2 is 2.09 bits per heavy atom. The zero-order chi connectivity index (χ0) is 17.0. The lowest BCUT2D eigenvalue weighted by Crippen LogP contribution is -2.54. The van der Waals surface area contributed by atoms with Gasteiger partial charge in [-0.1, -0.05) is 44.2 Å². The fraction of sp³-hybridized carbons (Fsp3) is 0.500. The highest BCUT2D eigenvalue weighted by molar-refractivity contribution is 5.87. The number of rotatable bonds is 5. The molecule has 5 heteroatoms. The van der Waals surface area contributed by atoms with Gasteiger partial charge in [-0.2, -0.15) is 5.26 Å². The largest absolute Gasteiger partial charge is 0.464 e. The highest BCUT2D eigenvalue weighted by atomic mass is 16.5. The minimum absolute atomic E-state index is 0.0320. The van der Waals surface area contributed by atoms with Gasteiger partial charge in [0.2, 0.25) is 5.54 Å². The van der Waals surface area contributed by atoms with E-state index in [4.69, 9.17) is 4.74 Å². The summed E-state index contributed by atoms with van der Waals surface area (Å²) in [6, 6.07) is 11.2. The average Bonchev–Trinajstić information content (AvgIpc) is 2.91. The summed E-state index contributed by atoms with van der Waals surface area (Å²) in [7, 11) is 0. The van der Waals surface area contributed by atoms with E-state index in [0.717, 1.165) is 11.8 Å². The van der Waals surface area contributed by atoms with Gasteiger partial charge in [-0.25, -0.2) is 4.79 Å². The van der Waals surface area contributed by atoms with Gasteiger partial charge in [0, 0.05) is 17.9 Å². The van der Waals surface area contributed by atoms with Crippen LogP contribution in [-0.4, -0.2) is 24.4 Å². The highest BCUT2D eigenvalue weighted by Gasteiger charge is 2.60. The Morgan fingerprint density at radius 1 is 1.43 bits per heavy atom. The van der Waals surface area contributed by atoms with Crippen molar-refractivity contribution in [1.29, 1.82) is 5.26 Å². The van der Waals surface area contributed by atoms with Crippen molar-refractivity contribution in [2.75, 3.05) is 6.61 Å². The van der Waals surface area contributed by atoms with Crippen molar-refractivity contribution in [2.45, 2.75) is 32.4 Å². The fourth-order valence-electron chi connectivity index (χ4n) is 3.60. The average molecular weight is 314 g/mol. The van der Waals surface area contributed by atoms with Crippen molar-refractivity contribution in [3.05, 3.63) is 35.9 Å². The van der Waals surface area contributed by atoms with Crippen LogP contribution in [0.15, 0.2) is 30.3 Å². The van der Waals surface area contributed by atoms with E-state index in [0.29, 0.717) is 0 Å². The quantitative estimate of drug-likeness (QED) is 0.666. The van der Waals surface area contributed by atoms with Gasteiger partial charge in [-0.3, -0.25) is 5.32 Å². The number of benzene rings is 1. The van der Waals surface area contributed by atoms with Crippen LogP contribution in [0.5, 0.6) is 0 Å². The SMILES string of the molecule is CCOC(=O)[C@]1(C#N)N[C@H](c2ccccc2)[C@H](C=O)[C@H]1C(C)C. The molecule has 1 aliphatic rings. The van der Waals surface area contributed by atoms with Crippen molar-refractivity contribution in [1.82, 2.24) is 5.32 Å². The van der Waals surface area contributed by atoms with Crippen LogP contribution in [0, 0.1) is 29.1 Å². The molecule has 0 spiro atoms. The number of ether oxygens (including phenoxy) is 1. The number of esters is 1. The predicted molar refractivity (Wildman–Crippen MR) is 85.2 cm³/mol. The molecule has 23 heavy (non-hydrogen) atoms. The third-order valence-corrected chi connectivity index (χ3v) is 4.49. The monoisotopic (exact) mass is 314 g/mol. The number of aldehydes is 1. The normalized spacial score (nSPS) is 30.0. The lowest BCUT2D eigenvalue weighted by Gasteiger charge is -2.30. The van der Waals surface area contributed by atoms with Crippen molar-refractivity contribution in [3.63, 3.8) is 0 Å². The minimum atomic E-state index is -1.50. The summed E-state index contributed by atoms with van der Waals surface area (Å²) >= 11 is 0. The first-order valence-corrected chi connectivity index (χ1v) is 7.88. The zero-order valence-corrected chi connectivity index (χ0v) is 13.7.